The minimum Gasteiger partial charge on any atom is -0.475 e. The number of benzene rings is 1. The number of hydrogen-bond donors (Lipinski definition) is 1. The predicted molar refractivity (Wildman–Crippen MR) is 114 cm³/mol. The number of thiophene rings is 1. The number of carbonyl (C=O) groups excluding carboxylic acids is 1. The molecule has 1 amide bonds. The molecule has 0 atom stereocenters. The van der Waals surface area contributed by atoms with Crippen molar-refractivity contribution in [1.82, 2.24) is 9.80 Å². The Morgan fingerprint density at radius 3 is 2.28 bits per heavy atom. The second-order valence-electron chi connectivity index (χ2n) is 7.78. The molecule has 4 rings (SSSR count). The largest absolute Gasteiger partial charge is 0.490 e. The predicted octanol–water partition coefficient (Wildman–Crippen LogP) is 3.89. The van der Waals surface area contributed by atoms with Crippen molar-refractivity contribution in [3.05, 3.63) is 58.3 Å². The average Bonchev–Trinajstić information content (AvgIpc) is 3.29. The maximum absolute atomic E-state index is 12.8. The van der Waals surface area contributed by atoms with Gasteiger partial charge in [0.15, 0.2) is 0 Å². The number of piperidine rings is 1. The Bertz CT molecular complexity index is 882. The first-order valence-electron chi connectivity index (χ1n) is 10.2. The molecule has 1 N–H and O–H groups in total. The van der Waals surface area contributed by atoms with Crippen molar-refractivity contribution >= 4 is 23.2 Å². The highest BCUT2D eigenvalue weighted by Gasteiger charge is 2.41. The topological polar surface area (TPSA) is 70.1 Å². The maximum atomic E-state index is 12.8. The van der Waals surface area contributed by atoms with Gasteiger partial charge in [-0.2, -0.15) is 13.2 Å². The van der Waals surface area contributed by atoms with Crippen LogP contribution in [0.2, 0.25) is 0 Å². The summed E-state index contributed by atoms with van der Waals surface area (Å²) >= 11 is 1.82. The second-order valence-corrected chi connectivity index (χ2v) is 8.81. The zero-order valence-corrected chi connectivity index (χ0v) is 18.2. The van der Waals surface area contributed by atoms with Gasteiger partial charge in [0.05, 0.1) is 18.8 Å². The van der Waals surface area contributed by atoms with Crippen LogP contribution in [0.1, 0.15) is 28.1 Å². The number of aliphatic carboxylic acids is 1. The lowest BCUT2D eigenvalue weighted by atomic mass is 9.89. The molecule has 0 aliphatic carbocycles. The molecule has 2 aliphatic rings. The lowest BCUT2D eigenvalue weighted by molar-refractivity contribution is -0.192. The fraction of sp³-hybridized carbons (Fsp3) is 0.455. The molecule has 1 spiro atoms. The summed E-state index contributed by atoms with van der Waals surface area (Å²) in [6.07, 6.45) is -3.09. The highest BCUT2D eigenvalue weighted by atomic mass is 32.1. The first-order chi connectivity index (χ1) is 15.2. The minimum atomic E-state index is -5.08. The van der Waals surface area contributed by atoms with E-state index in [4.69, 9.17) is 14.6 Å². The number of likely N-dealkylation sites (tertiary alicyclic amines) is 1. The van der Waals surface area contributed by atoms with E-state index in [1.165, 1.54) is 4.88 Å². The van der Waals surface area contributed by atoms with Gasteiger partial charge in [-0.1, -0.05) is 24.3 Å². The van der Waals surface area contributed by atoms with E-state index >= 15 is 0 Å². The van der Waals surface area contributed by atoms with Gasteiger partial charge in [-0.05, 0) is 36.4 Å². The number of nitrogens with zero attached hydrogens (tertiary/aromatic N) is 2. The van der Waals surface area contributed by atoms with E-state index in [-0.39, 0.29) is 11.5 Å². The van der Waals surface area contributed by atoms with Crippen LogP contribution in [0.15, 0.2) is 47.8 Å². The van der Waals surface area contributed by atoms with Crippen LogP contribution >= 0.6 is 11.3 Å². The lowest BCUT2D eigenvalue weighted by Crippen LogP contribution is -2.57. The Morgan fingerprint density at radius 2 is 1.72 bits per heavy atom. The minimum absolute atomic E-state index is 0.129. The SMILES string of the molecule is O=C(O)C(F)(F)F.O=C(c1ccccc1)N1CCOC2(CCN(Cc3cccs3)CC2)C1. The number of amides is 1. The molecule has 2 aliphatic heterocycles. The molecule has 6 nitrogen and oxygen atoms in total. The number of carboxylic acid groups (broad SMARTS) is 1. The summed E-state index contributed by atoms with van der Waals surface area (Å²) in [6, 6.07) is 13.9. The highest BCUT2D eigenvalue weighted by molar-refractivity contribution is 7.09. The summed E-state index contributed by atoms with van der Waals surface area (Å²) in [4.78, 5) is 27.6. The highest BCUT2D eigenvalue weighted by Crippen LogP contribution is 2.31. The zero-order chi connectivity index (χ0) is 23.2. The number of alkyl halides is 3. The molecule has 1 aromatic heterocycles. The summed E-state index contributed by atoms with van der Waals surface area (Å²) < 4.78 is 37.9. The van der Waals surface area contributed by atoms with E-state index in [0.717, 1.165) is 38.0 Å². The molecule has 0 saturated carbocycles. The summed E-state index contributed by atoms with van der Waals surface area (Å²) in [5.41, 5.74) is 0.615. The van der Waals surface area contributed by atoms with Crippen molar-refractivity contribution in [3.63, 3.8) is 0 Å². The molecule has 0 bridgehead atoms. The number of ether oxygens (including phenoxy) is 1. The third kappa shape index (κ3) is 6.54. The standard InChI is InChI=1S/C20H24N2O2S.C2HF3O2/c23-19(17-5-2-1-3-6-17)22-12-13-24-20(16-22)8-10-21(11-9-20)15-18-7-4-14-25-18;3-2(4,5)1(6)7/h1-7,14H,8-13,15-16H2;(H,6,7). The van der Waals surface area contributed by atoms with Gasteiger partial charge in [0.1, 0.15) is 0 Å². The Morgan fingerprint density at radius 1 is 1.06 bits per heavy atom. The van der Waals surface area contributed by atoms with Crippen LogP contribution in [-0.2, 0) is 16.1 Å². The first kappa shape index (κ1) is 24.2. The maximum Gasteiger partial charge on any atom is 0.490 e. The van der Waals surface area contributed by atoms with Gasteiger partial charge in [-0.15, -0.1) is 11.3 Å². The van der Waals surface area contributed by atoms with Crippen molar-refractivity contribution < 1.29 is 32.6 Å². The fourth-order valence-electron chi connectivity index (χ4n) is 3.83. The van der Waals surface area contributed by atoms with Crippen molar-refractivity contribution in [2.24, 2.45) is 0 Å². The van der Waals surface area contributed by atoms with Crippen LogP contribution in [0.4, 0.5) is 13.2 Å². The number of carbonyl (C=O) groups is 2. The molecular formula is C22H25F3N2O4S. The van der Waals surface area contributed by atoms with Crippen LogP contribution in [0.3, 0.4) is 0 Å². The van der Waals surface area contributed by atoms with Gasteiger partial charge in [-0.3, -0.25) is 9.69 Å². The molecule has 174 valence electrons. The smallest absolute Gasteiger partial charge is 0.475 e. The average molecular weight is 471 g/mol. The molecule has 0 radical (unpaired) electrons. The van der Waals surface area contributed by atoms with E-state index in [1.807, 2.05) is 46.6 Å². The number of rotatable bonds is 3. The van der Waals surface area contributed by atoms with Gasteiger partial charge in [0.25, 0.3) is 5.91 Å². The zero-order valence-electron chi connectivity index (χ0n) is 17.4. The lowest BCUT2D eigenvalue weighted by Gasteiger charge is -2.47. The molecule has 32 heavy (non-hydrogen) atoms. The molecule has 1 aromatic carbocycles. The molecule has 2 fully saturated rings. The van der Waals surface area contributed by atoms with Crippen LogP contribution in [0.25, 0.3) is 0 Å². The Hall–Kier alpha value is -2.43. The van der Waals surface area contributed by atoms with Crippen LogP contribution < -0.4 is 0 Å². The third-order valence-electron chi connectivity index (χ3n) is 5.53. The second kappa shape index (κ2) is 10.5. The molecule has 2 saturated heterocycles. The Kier molecular flexibility index (Phi) is 7.91. The van der Waals surface area contributed by atoms with E-state index in [2.05, 4.69) is 22.4 Å². The summed E-state index contributed by atoms with van der Waals surface area (Å²) in [6.45, 7) is 5.14. The number of halogens is 3. The van der Waals surface area contributed by atoms with Crippen molar-refractivity contribution in [1.29, 1.82) is 0 Å². The fourth-order valence-corrected chi connectivity index (χ4v) is 4.57. The third-order valence-corrected chi connectivity index (χ3v) is 6.39. The summed E-state index contributed by atoms with van der Waals surface area (Å²) in [5.74, 6) is -2.63. The van der Waals surface area contributed by atoms with Gasteiger partial charge in [-0.25, -0.2) is 4.79 Å². The summed E-state index contributed by atoms with van der Waals surface area (Å²) in [7, 11) is 0. The van der Waals surface area contributed by atoms with Gasteiger partial charge < -0.3 is 14.7 Å². The van der Waals surface area contributed by atoms with Crippen LogP contribution in [-0.4, -0.2) is 71.3 Å². The molecule has 3 heterocycles. The molecule has 0 unspecified atom stereocenters. The molecule has 2 aromatic rings. The Balaban J connectivity index is 0.000000360. The number of morpholine rings is 1. The number of carboxylic acids is 1. The van der Waals surface area contributed by atoms with E-state index < -0.39 is 12.1 Å². The van der Waals surface area contributed by atoms with E-state index in [0.29, 0.717) is 19.7 Å². The van der Waals surface area contributed by atoms with Crippen molar-refractivity contribution in [3.8, 4) is 0 Å². The van der Waals surface area contributed by atoms with Gasteiger partial charge >= 0.3 is 12.1 Å². The first-order valence-corrected chi connectivity index (χ1v) is 11.1. The quantitative estimate of drug-likeness (QED) is 0.737. The number of hydrogen-bond acceptors (Lipinski definition) is 5. The Labute approximate surface area is 188 Å². The van der Waals surface area contributed by atoms with E-state index in [1.54, 1.807) is 0 Å². The summed E-state index contributed by atoms with van der Waals surface area (Å²) in [5, 5.41) is 9.26. The molecule has 10 heteroatoms. The van der Waals surface area contributed by atoms with Crippen LogP contribution in [0, 0.1) is 0 Å². The van der Waals surface area contributed by atoms with Crippen LogP contribution in [0.5, 0.6) is 0 Å². The van der Waals surface area contributed by atoms with Gasteiger partial charge in [0, 0.05) is 36.6 Å². The monoisotopic (exact) mass is 470 g/mol. The molecular weight excluding hydrogens is 445 g/mol. The normalized spacial score (nSPS) is 18.7. The van der Waals surface area contributed by atoms with Crippen molar-refractivity contribution in [2.75, 3.05) is 32.8 Å². The van der Waals surface area contributed by atoms with E-state index in [9.17, 15) is 18.0 Å². The van der Waals surface area contributed by atoms with Gasteiger partial charge in [0.2, 0.25) is 0 Å². The van der Waals surface area contributed by atoms with Crippen molar-refractivity contribution in [2.45, 2.75) is 31.2 Å².